The van der Waals surface area contributed by atoms with Crippen LogP contribution in [0.25, 0.3) is 11.0 Å². The van der Waals surface area contributed by atoms with E-state index in [1.165, 1.54) is 17.8 Å². The number of ether oxygens (including phenoxy) is 1. The molecule has 0 bridgehead atoms. The highest BCUT2D eigenvalue weighted by Gasteiger charge is 2.08. The number of carbonyl (C=O) groups is 1. The number of nitrogens with one attached hydrogen (secondary N) is 1. The van der Waals surface area contributed by atoms with Crippen molar-refractivity contribution in [3.05, 3.63) is 75.6 Å². The first-order valence-electron chi connectivity index (χ1n) is 9.62. The Balaban J connectivity index is 1.49. The van der Waals surface area contributed by atoms with E-state index in [0.717, 1.165) is 40.7 Å². The van der Waals surface area contributed by atoms with Crippen LogP contribution < -0.4 is 15.7 Å². The molecular formula is C23H25NO4S. The highest BCUT2D eigenvalue weighted by Crippen LogP contribution is 2.22. The van der Waals surface area contributed by atoms with Crippen LogP contribution in [-0.4, -0.2) is 25.3 Å². The van der Waals surface area contributed by atoms with Gasteiger partial charge in [-0.1, -0.05) is 31.2 Å². The van der Waals surface area contributed by atoms with Gasteiger partial charge in [0.05, 0.1) is 12.9 Å². The minimum absolute atomic E-state index is 0.0101. The molecular weight excluding hydrogens is 386 g/mol. The van der Waals surface area contributed by atoms with Crippen LogP contribution in [0, 0.1) is 0 Å². The van der Waals surface area contributed by atoms with Gasteiger partial charge in [-0.3, -0.25) is 4.79 Å². The van der Waals surface area contributed by atoms with Gasteiger partial charge in [0.25, 0.3) is 0 Å². The summed E-state index contributed by atoms with van der Waals surface area (Å²) in [6.45, 7) is 2.65. The fourth-order valence-electron chi connectivity index (χ4n) is 3.06. The summed E-state index contributed by atoms with van der Waals surface area (Å²) in [7, 11) is 1.64. The third kappa shape index (κ3) is 5.87. The average Bonchev–Trinajstić information content (AvgIpc) is 2.73. The second kappa shape index (κ2) is 10.2. The van der Waals surface area contributed by atoms with Gasteiger partial charge in [-0.05, 0) is 47.7 Å². The Kier molecular flexibility index (Phi) is 7.36. The van der Waals surface area contributed by atoms with Crippen LogP contribution in [-0.2, 0) is 23.4 Å². The summed E-state index contributed by atoms with van der Waals surface area (Å²) in [6, 6.07) is 15.3. The van der Waals surface area contributed by atoms with Crippen molar-refractivity contribution < 1.29 is 13.9 Å². The third-order valence-electron chi connectivity index (χ3n) is 4.69. The highest BCUT2D eigenvalue weighted by molar-refractivity contribution is 7.99. The first kappa shape index (κ1) is 21.0. The lowest BCUT2D eigenvalue weighted by atomic mass is 10.1. The molecule has 0 fully saturated rings. The molecule has 152 valence electrons. The van der Waals surface area contributed by atoms with Crippen LogP contribution in [0.1, 0.15) is 23.6 Å². The van der Waals surface area contributed by atoms with Crippen LogP contribution in [0.2, 0.25) is 0 Å². The first-order chi connectivity index (χ1) is 14.1. The van der Waals surface area contributed by atoms with E-state index in [9.17, 15) is 9.59 Å². The molecule has 6 heteroatoms. The summed E-state index contributed by atoms with van der Waals surface area (Å²) in [5.74, 6) is 1.74. The van der Waals surface area contributed by atoms with Gasteiger partial charge in [-0.2, -0.15) is 0 Å². The van der Waals surface area contributed by atoms with E-state index in [0.29, 0.717) is 23.6 Å². The molecule has 1 amide bonds. The number of methoxy groups -OCH3 is 1. The van der Waals surface area contributed by atoms with Gasteiger partial charge in [0.15, 0.2) is 0 Å². The lowest BCUT2D eigenvalue weighted by Crippen LogP contribution is -2.27. The SMILES string of the molecule is CCc1ccc2c(CSCC(=O)NCCc3ccc(OC)cc3)cc(=O)oc2c1. The molecule has 0 aliphatic heterocycles. The van der Waals surface area contributed by atoms with E-state index in [1.54, 1.807) is 7.11 Å². The summed E-state index contributed by atoms with van der Waals surface area (Å²) < 4.78 is 10.5. The van der Waals surface area contributed by atoms with E-state index in [1.807, 2.05) is 42.5 Å². The molecule has 3 aromatic rings. The van der Waals surface area contributed by atoms with Gasteiger partial charge < -0.3 is 14.5 Å². The van der Waals surface area contributed by atoms with Gasteiger partial charge in [-0.15, -0.1) is 11.8 Å². The van der Waals surface area contributed by atoms with Crippen LogP contribution in [0.5, 0.6) is 5.75 Å². The minimum Gasteiger partial charge on any atom is -0.497 e. The molecule has 0 saturated carbocycles. The molecule has 0 spiro atoms. The number of benzene rings is 2. The lowest BCUT2D eigenvalue weighted by Gasteiger charge is -2.08. The molecule has 0 saturated heterocycles. The summed E-state index contributed by atoms with van der Waals surface area (Å²) in [4.78, 5) is 24.0. The summed E-state index contributed by atoms with van der Waals surface area (Å²) in [5.41, 5.74) is 3.42. The molecule has 5 nitrogen and oxygen atoms in total. The van der Waals surface area contributed by atoms with Crippen LogP contribution in [0.3, 0.4) is 0 Å². The third-order valence-corrected chi connectivity index (χ3v) is 5.67. The fourth-order valence-corrected chi connectivity index (χ4v) is 3.91. The standard InChI is InChI=1S/C23H25NO4S/c1-3-16-6-9-20-18(13-23(26)28-21(20)12-16)14-29-15-22(25)24-11-10-17-4-7-19(27-2)8-5-17/h4-9,12-13H,3,10-11,14-15H2,1-2H3,(H,24,25). The topological polar surface area (TPSA) is 68.5 Å². The van der Waals surface area contributed by atoms with Crippen molar-refractivity contribution in [2.45, 2.75) is 25.5 Å². The lowest BCUT2D eigenvalue weighted by molar-refractivity contribution is -0.118. The number of amides is 1. The Morgan fingerprint density at radius 2 is 1.86 bits per heavy atom. The highest BCUT2D eigenvalue weighted by atomic mass is 32.2. The number of hydrogen-bond donors (Lipinski definition) is 1. The van der Waals surface area contributed by atoms with Crippen molar-refractivity contribution in [3.63, 3.8) is 0 Å². The van der Waals surface area contributed by atoms with E-state index in [2.05, 4.69) is 12.2 Å². The second-order valence-electron chi connectivity index (χ2n) is 6.72. The van der Waals surface area contributed by atoms with Crippen molar-refractivity contribution in [2.24, 2.45) is 0 Å². The molecule has 1 heterocycles. The van der Waals surface area contributed by atoms with Crippen LogP contribution in [0.15, 0.2) is 57.7 Å². The Hall–Kier alpha value is -2.73. The molecule has 2 aromatic carbocycles. The Morgan fingerprint density at radius 1 is 1.10 bits per heavy atom. The van der Waals surface area contributed by atoms with Crippen molar-refractivity contribution in [3.8, 4) is 5.75 Å². The molecule has 0 aliphatic carbocycles. The van der Waals surface area contributed by atoms with Crippen LogP contribution in [0.4, 0.5) is 0 Å². The maximum Gasteiger partial charge on any atom is 0.336 e. The number of rotatable bonds is 9. The quantitative estimate of drug-likeness (QED) is 0.540. The largest absolute Gasteiger partial charge is 0.497 e. The monoisotopic (exact) mass is 411 g/mol. The molecule has 29 heavy (non-hydrogen) atoms. The summed E-state index contributed by atoms with van der Waals surface area (Å²) in [5, 5.41) is 3.86. The number of hydrogen-bond acceptors (Lipinski definition) is 5. The zero-order chi connectivity index (χ0) is 20.6. The molecule has 0 aliphatic rings. The van der Waals surface area contributed by atoms with Gasteiger partial charge >= 0.3 is 5.63 Å². The Bertz CT molecular complexity index is 1030. The van der Waals surface area contributed by atoms with Crippen molar-refractivity contribution in [2.75, 3.05) is 19.4 Å². The van der Waals surface area contributed by atoms with Gasteiger partial charge in [0.2, 0.25) is 5.91 Å². The maximum atomic E-state index is 12.1. The Morgan fingerprint density at radius 3 is 2.59 bits per heavy atom. The molecule has 0 unspecified atom stereocenters. The summed E-state index contributed by atoms with van der Waals surface area (Å²) in [6.07, 6.45) is 1.65. The van der Waals surface area contributed by atoms with E-state index >= 15 is 0 Å². The predicted octanol–water partition coefficient (Wildman–Crippen LogP) is 3.96. The number of carbonyl (C=O) groups excluding carboxylic acids is 1. The maximum absolute atomic E-state index is 12.1. The predicted molar refractivity (Wildman–Crippen MR) is 118 cm³/mol. The molecule has 3 rings (SSSR count). The normalized spacial score (nSPS) is 10.8. The minimum atomic E-state index is -0.356. The van der Waals surface area contributed by atoms with Crippen LogP contribution >= 0.6 is 11.8 Å². The average molecular weight is 412 g/mol. The van der Waals surface area contributed by atoms with Crippen molar-refractivity contribution >= 4 is 28.6 Å². The van der Waals surface area contributed by atoms with Crippen molar-refractivity contribution in [1.82, 2.24) is 5.32 Å². The van der Waals surface area contributed by atoms with Gasteiger partial charge in [0, 0.05) is 23.8 Å². The zero-order valence-electron chi connectivity index (χ0n) is 16.7. The van der Waals surface area contributed by atoms with E-state index in [-0.39, 0.29) is 11.5 Å². The fraction of sp³-hybridized carbons (Fsp3) is 0.304. The van der Waals surface area contributed by atoms with E-state index in [4.69, 9.17) is 9.15 Å². The molecule has 0 radical (unpaired) electrons. The number of aryl methyl sites for hydroxylation is 1. The molecule has 1 aromatic heterocycles. The van der Waals surface area contributed by atoms with Crippen molar-refractivity contribution in [1.29, 1.82) is 0 Å². The molecule has 1 N–H and O–H groups in total. The smallest absolute Gasteiger partial charge is 0.336 e. The summed E-state index contributed by atoms with van der Waals surface area (Å²) >= 11 is 1.49. The number of thioether (sulfide) groups is 1. The number of fused-ring (bicyclic) bond motifs is 1. The van der Waals surface area contributed by atoms with Gasteiger partial charge in [-0.25, -0.2) is 4.79 Å². The second-order valence-corrected chi connectivity index (χ2v) is 7.70. The Labute approximate surface area is 174 Å². The molecule has 0 atom stereocenters. The first-order valence-corrected chi connectivity index (χ1v) is 10.8. The zero-order valence-corrected chi connectivity index (χ0v) is 17.5. The van der Waals surface area contributed by atoms with Gasteiger partial charge in [0.1, 0.15) is 11.3 Å². The van der Waals surface area contributed by atoms with E-state index < -0.39 is 0 Å².